The van der Waals surface area contributed by atoms with Gasteiger partial charge in [0.05, 0.1) is 0 Å². The van der Waals surface area contributed by atoms with E-state index in [1.807, 2.05) is 13.8 Å². The number of nitrogens with two attached hydrogens (primary N) is 1. The summed E-state index contributed by atoms with van der Waals surface area (Å²) in [5.74, 6) is -0.924. The van der Waals surface area contributed by atoms with Crippen molar-refractivity contribution in [1.82, 2.24) is 0 Å². The van der Waals surface area contributed by atoms with E-state index in [1.165, 1.54) is 0 Å². The Morgan fingerprint density at radius 1 is 1.50 bits per heavy atom. The Bertz CT molecular complexity index is 148. The molecule has 60 valence electrons. The Kier molecular flexibility index (Phi) is 2.27. The summed E-state index contributed by atoms with van der Waals surface area (Å²) in [6, 6.07) is 0. The van der Waals surface area contributed by atoms with E-state index < -0.39 is 11.5 Å². The van der Waals surface area contributed by atoms with Crippen LogP contribution >= 0.6 is 0 Å². The van der Waals surface area contributed by atoms with Crippen LogP contribution in [0.1, 0.15) is 20.8 Å². The highest BCUT2D eigenvalue weighted by molar-refractivity contribution is 6.18. The summed E-state index contributed by atoms with van der Waals surface area (Å²) in [6.07, 6.45) is 0. The number of aliphatic carboxylic acids is 1. The Hall–Kier alpha value is -0.353. The normalized spacial score (nSPS) is 18.4. The Balaban J connectivity index is 4.57. The van der Waals surface area contributed by atoms with Gasteiger partial charge in [0.2, 0.25) is 0 Å². The molecule has 0 aromatic rings. The number of rotatable bonds is 2. The molecule has 0 aliphatic rings. The molecule has 3 nitrogen and oxygen atoms in total. The van der Waals surface area contributed by atoms with Crippen molar-refractivity contribution in [3.8, 4) is 0 Å². The Labute approximate surface area is 64.0 Å². The second kappa shape index (κ2) is 2.36. The minimum absolute atomic E-state index is 0.265. The predicted octanol–water partition coefficient (Wildman–Crippen LogP) is -0.648. The molecule has 0 spiro atoms. The van der Waals surface area contributed by atoms with E-state index >= 15 is 0 Å². The molecule has 0 bridgehead atoms. The highest BCUT2D eigenvalue weighted by Crippen LogP contribution is 2.31. The second-order valence-corrected chi connectivity index (χ2v) is 6.26. The van der Waals surface area contributed by atoms with Gasteiger partial charge in [0, 0.05) is 10.2 Å². The van der Waals surface area contributed by atoms with Crippen molar-refractivity contribution in [3.05, 3.63) is 0 Å². The topological polar surface area (TPSA) is 63.3 Å². The van der Waals surface area contributed by atoms with E-state index in [0.717, 1.165) is 10.2 Å². The smallest absolute Gasteiger partial charge is 0.323 e. The minimum Gasteiger partial charge on any atom is -0.480 e. The molecule has 0 saturated carbocycles. The number of carboxylic acids is 1. The first kappa shape index (κ1) is 9.65. The van der Waals surface area contributed by atoms with Crippen molar-refractivity contribution in [2.45, 2.75) is 31.3 Å². The second-order valence-electron chi connectivity index (χ2n) is 3.76. The fraction of sp³-hybridized carbons (Fsp3) is 0.833. The lowest BCUT2D eigenvalue weighted by molar-refractivity contribution is -0.143. The quantitative estimate of drug-likeness (QED) is 0.529. The van der Waals surface area contributed by atoms with Crippen LogP contribution in [0, 0.1) is 0 Å². The zero-order valence-corrected chi connectivity index (χ0v) is 8.93. The fourth-order valence-electron chi connectivity index (χ4n) is 0.321. The summed E-state index contributed by atoms with van der Waals surface area (Å²) in [6.45, 7) is 5.29. The van der Waals surface area contributed by atoms with Crippen molar-refractivity contribution in [2.24, 2.45) is 5.73 Å². The summed E-state index contributed by atoms with van der Waals surface area (Å²) in [7, 11) is 0.778. The number of hydrogen-bond donors (Lipinski definition) is 2. The molecule has 4 heteroatoms. The van der Waals surface area contributed by atoms with Crippen molar-refractivity contribution in [2.75, 3.05) is 0 Å². The van der Waals surface area contributed by atoms with E-state index in [0.29, 0.717) is 0 Å². The van der Waals surface area contributed by atoms with Gasteiger partial charge >= 0.3 is 5.97 Å². The summed E-state index contributed by atoms with van der Waals surface area (Å²) >= 11 is 0. The molecule has 3 N–H and O–H groups in total. The molecular weight excluding hydrogens is 146 g/mol. The van der Waals surface area contributed by atoms with Crippen LogP contribution in [0.25, 0.3) is 0 Å². The van der Waals surface area contributed by atoms with Gasteiger partial charge in [-0.2, -0.15) is 0 Å². The lowest BCUT2D eigenvalue weighted by Crippen LogP contribution is -2.53. The van der Waals surface area contributed by atoms with Crippen molar-refractivity contribution >= 4 is 16.2 Å². The van der Waals surface area contributed by atoms with E-state index in [4.69, 9.17) is 10.8 Å². The Morgan fingerprint density at radius 3 is 1.80 bits per heavy atom. The number of carboxylic acid groups (broad SMARTS) is 1. The zero-order chi connectivity index (χ0) is 8.58. The molecule has 1 unspecified atom stereocenters. The maximum atomic E-state index is 10.6. The monoisotopic (exact) mass is 161 g/mol. The highest BCUT2D eigenvalue weighted by Gasteiger charge is 2.40. The first-order chi connectivity index (χ1) is 4.19. The van der Waals surface area contributed by atoms with Gasteiger partial charge in [0.25, 0.3) is 0 Å². The van der Waals surface area contributed by atoms with Gasteiger partial charge in [-0.3, -0.25) is 4.79 Å². The van der Waals surface area contributed by atoms with Gasteiger partial charge in [-0.25, -0.2) is 0 Å². The van der Waals surface area contributed by atoms with E-state index in [-0.39, 0.29) is 5.04 Å². The van der Waals surface area contributed by atoms with E-state index in [1.54, 1.807) is 6.92 Å². The van der Waals surface area contributed by atoms with Gasteiger partial charge < -0.3 is 10.8 Å². The SMILES string of the molecule is CC(C)([SiH3])C(C)(N)C(=O)O. The summed E-state index contributed by atoms with van der Waals surface area (Å²) in [4.78, 5) is 10.6. The standard InChI is InChI=1S/C6H15NO2Si/c1-5(2,10)6(3,7)4(8)9/h7H2,1-3,10H3,(H,8,9). The molecular formula is C6H15NO2Si. The van der Waals surface area contributed by atoms with Crippen molar-refractivity contribution in [1.29, 1.82) is 0 Å². The van der Waals surface area contributed by atoms with Crippen LogP contribution < -0.4 is 5.73 Å². The molecule has 0 heterocycles. The third-order valence-corrected chi connectivity index (χ3v) is 3.04. The van der Waals surface area contributed by atoms with Gasteiger partial charge in [0.15, 0.2) is 0 Å². The molecule has 0 aliphatic heterocycles. The zero-order valence-electron chi connectivity index (χ0n) is 6.93. The fourth-order valence-corrected chi connectivity index (χ4v) is 0.535. The first-order valence-electron chi connectivity index (χ1n) is 3.22. The number of carbonyl (C=O) groups is 1. The van der Waals surface area contributed by atoms with Crippen LogP contribution in [0.2, 0.25) is 5.04 Å². The summed E-state index contributed by atoms with van der Waals surface area (Å²) in [5.41, 5.74) is 4.49. The molecule has 0 aliphatic carbocycles. The lowest BCUT2D eigenvalue weighted by atomic mass is 9.88. The van der Waals surface area contributed by atoms with Crippen molar-refractivity contribution in [3.63, 3.8) is 0 Å². The minimum atomic E-state index is -1.08. The van der Waals surface area contributed by atoms with Gasteiger partial charge in [-0.15, -0.1) is 0 Å². The summed E-state index contributed by atoms with van der Waals surface area (Å²) < 4.78 is 0. The maximum absolute atomic E-state index is 10.6. The van der Waals surface area contributed by atoms with Crippen LogP contribution in [0.5, 0.6) is 0 Å². The van der Waals surface area contributed by atoms with E-state index in [2.05, 4.69) is 0 Å². The first-order valence-corrected chi connectivity index (χ1v) is 4.22. The van der Waals surface area contributed by atoms with E-state index in [9.17, 15) is 4.79 Å². The maximum Gasteiger partial charge on any atom is 0.323 e. The average Bonchev–Trinajstić information content (AvgIpc) is 1.62. The summed E-state index contributed by atoms with van der Waals surface area (Å²) in [5, 5.41) is 8.41. The molecule has 0 fully saturated rings. The molecule has 0 radical (unpaired) electrons. The Morgan fingerprint density at radius 2 is 1.80 bits per heavy atom. The molecule has 0 saturated heterocycles. The largest absolute Gasteiger partial charge is 0.480 e. The number of hydrogen-bond acceptors (Lipinski definition) is 2. The van der Waals surface area contributed by atoms with Crippen LogP contribution in [0.3, 0.4) is 0 Å². The lowest BCUT2D eigenvalue weighted by Gasteiger charge is -2.34. The molecule has 10 heavy (non-hydrogen) atoms. The third kappa shape index (κ3) is 1.57. The highest BCUT2D eigenvalue weighted by atomic mass is 28.1. The molecule has 0 rings (SSSR count). The van der Waals surface area contributed by atoms with Crippen LogP contribution in [0.15, 0.2) is 0 Å². The molecule has 0 aromatic carbocycles. The van der Waals surface area contributed by atoms with Gasteiger partial charge in [-0.1, -0.05) is 13.8 Å². The average molecular weight is 161 g/mol. The van der Waals surface area contributed by atoms with Gasteiger partial charge in [0.1, 0.15) is 5.54 Å². The molecule has 0 aromatic heterocycles. The predicted molar refractivity (Wildman–Crippen MR) is 44.2 cm³/mol. The van der Waals surface area contributed by atoms with Gasteiger partial charge in [-0.05, 0) is 12.0 Å². The molecule has 0 amide bonds. The van der Waals surface area contributed by atoms with Crippen LogP contribution in [-0.2, 0) is 4.79 Å². The van der Waals surface area contributed by atoms with Crippen LogP contribution in [0.4, 0.5) is 0 Å². The molecule has 1 atom stereocenters. The third-order valence-electron chi connectivity index (χ3n) is 2.00. The van der Waals surface area contributed by atoms with Crippen molar-refractivity contribution < 1.29 is 9.90 Å². The van der Waals surface area contributed by atoms with Crippen LogP contribution in [-0.4, -0.2) is 26.9 Å².